The summed E-state index contributed by atoms with van der Waals surface area (Å²) >= 11 is 0. The molecule has 1 aromatic rings. The Bertz CT molecular complexity index is 576. The van der Waals surface area contributed by atoms with Crippen molar-refractivity contribution in [1.82, 2.24) is 4.90 Å². The van der Waals surface area contributed by atoms with E-state index in [0.717, 1.165) is 43.7 Å². The molecule has 0 atom stereocenters. The van der Waals surface area contributed by atoms with E-state index in [1.54, 1.807) is 4.90 Å². The zero-order valence-corrected chi connectivity index (χ0v) is 14.3. The number of anilines is 1. The van der Waals surface area contributed by atoms with Gasteiger partial charge in [0.05, 0.1) is 0 Å². The first kappa shape index (κ1) is 17.2. The van der Waals surface area contributed by atoms with Crippen molar-refractivity contribution < 1.29 is 9.53 Å². The number of hydrogen-bond donors (Lipinski definition) is 1. The van der Waals surface area contributed by atoms with E-state index >= 15 is 0 Å². The van der Waals surface area contributed by atoms with Gasteiger partial charge in [-0.05, 0) is 57.7 Å². The lowest BCUT2D eigenvalue weighted by molar-refractivity contribution is 0.0188. The molecular weight excluding hydrogens is 288 g/mol. The van der Waals surface area contributed by atoms with E-state index in [9.17, 15) is 4.79 Å². The number of carbonyl (C=O) groups excluding carboxylic acids is 1. The van der Waals surface area contributed by atoms with Gasteiger partial charge in [-0.15, -0.1) is 6.42 Å². The number of carbonyl (C=O) groups is 1. The van der Waals surface area contributed by atoms with Crippen LogP contribution in [0.2, 0.25) is 0 Å². The molecule has 0 aromatic heterocycles. The molecule has 1 heterocycles. The second-order valence-corrected chi connectivity index (χ2v) is 7.02. The largest absolute Gasteiger partial charge is 0.444 e. The molecule has 4 nitrogen and oxygen atoms in total. The highest BCUT2D eigenvalue weighted by molar-refractivity contribution is 5.68. The van der Waals surface area contributed by atoms with Gasteiger partial charge in [0.2, 0.25) is 0 Å². The van der Waals surface area contributed by atoms with Gasteiger partial charge in [0.15, 0.2) is 0 Å². The molecule has 23 heavy (non-hydrogen) atoms. The number of ether oxygens (including phenoxy) is 1. The van der Waals surface area contributed by atoms with Crippen LogP contribution < -0.4 is 5.32 Å². The Labute approximate surface area is 139 Å². The van der Waals surface area contributed by atoms with Crippen LogP contribution in [0.25, 0.3) is 0 Å². The first-order chi connectivity index (χ1) is 10.9. The van der Waals surface area contributed by atoms with E-state index in [2.05, 4.69) is 11.2 Å². The summed E-state index contributed by atoms with van der Waals surface area (Å²) in [5.74, 6) is 3.20. The second-order valence-electron chi connectivity index (χ2n) is 7.02. The van der Waals surface area contributed by atoms with E-state index in [0.29, 0.717) is 5.92 Å². The minimum Gasteiger partial charge on any atom is -0.444 e. The smallest absolute Gasteiger partial charge is 0.410 e. The van der Waals surface area contributed by atoms with E-state index in [4.69, 9.17) is 11.2 Å². The Kier molecular flexibility index (Phi) is 5.54. The van der Waals surface area contributed by atoms with Crippen molar-refractivity contribution in [2.24, 2.45) is 5.92 Å². The standard InChI is InChI=1S/C19H26N2O2/c1-5-15-7-6-8-17(13-15)20-14-16-9-11-21(12-10-16)18(22)23-19(2,3)4/h1,6-8,13,16,20H,9-12,14H2,2-4H3. The van der Waals surface area contributed by atoms with Crippen molar-refractivity contribution in [3.63, 3.8) is 0 Å². The second kappa shape index (κ2) is 7.41. The highest BCUT2D eigenvalue weighted by Crippen LogP contribution is 2.20. The Balaban J connectivity index is 1.76. The molecule has 1 aliphatic rings. The van der Waals surface area contributed by atoms with Crippen molar-refractivity contribution in [2.45, 2.75) is 39.2 Å². The van der Waals surface area contributed by atoms with Crippen LogP contribution >= 0.6 is 0 Å². The summed E-state index contributed by atoms with van der Waals surface area (Å²) < 4.78 is 5.42. The third-order valence-corrected chi connectivity index (χ3v) is 3.89. The summed E-state index contributed by atoms with van der Waals surface area (Å²) in [4.78, 5) is 13.8. The van der Waals surface area contributed by atoms with Gasteiger partial charge < -0.3 is 15.0 Å². The van der Waals surface area contributed by atoms with E-state index in [1.165, 1.54) is 0 Å². The third kappa shape index (κ3) is 5.52. The summed E-state index contributed by atoms with van der Waals surface area (Å²) in [6, 6.07) is 7.89. The number of rotatable bonds is 3. The lowest BCUT2D eigenvalue weighted by Crippen LogP contribution is -2.42. The molecule has 1 amide bonds. The normalized spacial score (nSPS) is 15.8. The molecule has 0 saturated carbocycles. The predicted molar refractivity (Wildman–Crippen MR) is 93.4 cm³/mol. The van der Waals surface area contributed by atoms with E-state index in [-0.39, 0.29) is 6.09 Å². The molecule has 1 N–H and O–H groups in total. The van der Waals surface area contributed by atoms with Crippen LogP contribution in [0, 0.1) is 18.3 Å². The SMILES string of the molecule is C#Cc1cccc(NCC2CCN(C(=O)OC(C)(C)C)CC2)c1. The fraction of sp³-hybridized carbons (Fsp3) is 0.526. The van der Waals surface area contributed by atoms with Crippen LogP contribution in [0.3, 0.4) is 0 Å². The van der Waals surface area contributed by atoms with Crippen molar-refractivity contribution in [2.75, 3.05) is 25.0 Å². The summed E-state index contributed by atoms with van der Waals surface area (Å²) in [7, 11) is 0. The Morgan fingerprint density at radius 3 is 2.70 bits per heavy atom. The number of hydrogen-bond acceptors (Lipinski definition) is 3. The topological polar surface area (TPSA) is 41.6 Å². The zero-order chi connectivity index (χ0) is 16.9. The molecule has 0 aliphatic carbocycles. The molecule has 0 spiro atoms. The molecule has 1 fully saturated rings. The van der Waals surface area contributed by atoms with Crippen LogP contribution in [0.4, 0.5) is 10.5 Å². The summed E-state index contributed by atoms with van der Waals surface area (Å²) in [5.41, 5.74) is 1.50. The average Bonchev–Trinajstić information content (AvgIpc) is 2.52. The van der Waals surface area contributed by atoms with Gasteiger partial charge in [0.25, 0.3) is 0 Å². The van der Waals surface area contributed by atoms with Crippen molar-refractivity contribution in [1.29, 1.82) is 0 Å². The molecule has 0 unspecified atom stereocenters. The molecule has 1 saturated heterocycles. The number of nitrogens with zero attached hydrogens (tertiary/aromatic N) is 1. The van der Waals surface area contributed by atoms with Gasteiger partial charge >= 0.3 is 6.09 Å². The fourth-order valence-electron chi connectivity index (χ4n) is 2.63. The average molecular weight is 314 g/mol. The van der Waals surface area contributed by atoms with Gasteiger partial charge in [-0.2, -0.15) is 0 Å². The van der Waals surface area contributed by atoms with Crippen LogP contribution in [-0.2, 0) is 4.74 Å². The predicted octanol–water partition coefficient (Wildman–Crippen LogP) is 3.73. The molecule has 2 rings (SSSR count). The number of likely N-dealkylation sites (tertiary alicyclic amines) is 1. The number of nitrogens with one attached hydrogen (secondary N) is 1. The molecule has 1 aliphatic heterocycles. The van der Waals surface area contributed by atoms with E-state index in [1.807, 2.05) is 45.0 Å². The quantitative estimate of drug-likeness (QED) is 0.864. The fourth-order valence-corrected chi connectivity index (χ4v) is 2.63. The van der Waals surface area contributed by atoms with Crippen molar-refractivity contribution in [3.8, 4) is 12.3 Å². The summed E-state index contributed by atoms with van der Waals surface area (Å²) in [6.07, 6.45) is 7.19. The molecule has 4 heteroatoms. The molecule has 124 valence electrons. The van der Waals surface area contributed by atoms with Crippen LogP contribution in [0.1, 0.15) is 39.2 Å². The van der Waals surface area contributed by atoms with Gasteiger partial charge in [-0.25, -0.2) is 4.79 Å². The van der Waals surface area contributed by atoms with E-state index < -0.39 is 5.60 Å². The minimum atomic E-state index is -0.433. The third-order valence-electron chi connectivity index (χ3n) is 3.89. The highest BCUT2D eigenvalue weighted by Gasteiger charge is 2.26. The van der Waals surface area contributed by atoms with Gasteiger partial charge in [-0.1, -0.05) is 12.0 Å². The monoisotopic (exact) mass is 314 g/mol. The minimum absolute atomic E-state index is 0.203. The lowest BCUT2D eigenvalue weighted by atomic mass is 9.97. The van der Waals surface area contributed by atoms with Gasteiger partial charge in [0, 0.05) is 30.9 Å². The van der Waals surface area contributed by atoms with Crippen LogP contribution in [0.5, 0.6) is 0 Å². The number of piperidine rings is 1. The van der Waals surface area contributed by atoms with Crippen LogP contribution in [-0.4, -0.2) is 36.2 Å². The van der Waals surface area contributed by atoms with Crippen LogP contribution in [0.15, 0.2) is 24.3 Å². The number of amides is 1. The maximum absolute atomic E-state index is 12.0. The zero-order valence-electron chi connectivity index (χ0n) is 14.3. The maximum Gasteiger partial charge on any atom is 0.410 e. The molecule has 1 aromatic carbocycles. The number of terminal acetylenes is 1. The van der Waals surface area contributed by atoms with Gasteiger partial charge in [-0.3, -0.25) is 0 Å². The molecule has 0 radical (unpaired) electrons. The number of benzene rings is 1. The Hall–Kier alpha value is -2.15. The Morgan fingerprint density at radius 2 is 2.09 bits per heavy atom. The lowest BCUT2D eigenvalue weighted by Gasteiger charge is -2.33. The highest BCUT2D eigenvalue weighted by atomic mass is 16.6. The molecule has 0 bridgehead atoms. The van der Waals surface area contributed by atoms with Crippen molar-refractivity contribution in [3.05, 3.63) is 29.8 Å². The van der Waals surface area contributed by atoms with Crippen molar-refractivity contribution >= 4 is 11.8 Å². The first-order valence-electron chi connectivity index (χ1n) is 8.16. The molecular formula is C19H26N2O2. The Morgan fingerprint density at radius 1 is 1.39 bits per heavy atom. The summed E-state index contributed by atoms with van der Waals surface area (Å²) in [5, 5.41) is 3.44. The first-order valence-corrected chi connectivity index (χ1v) is 8.16. The summed E-state index contributed by atoms with van der Waals surface area (Å²) in [6.45, 7) is 8.09. The van der Waals surface area contributed by atoms with Gasteiger partial charge in [0.1, 0.15) is 5.60 Å². The maximum atomic E-state index is 12.0.